The second-order valence-electron chi connectivity index (χ2n) is 5.22. The molecule has 3 aromatic heterocycles. The van der Waals surface area contributed by atoms with Crippen molar-refractivity contribution in [3.63, 3.8) is 0 Å². The monoisotopic (exact) mass is 316 g/mol. The highest BCUT2D eigenvalue weighted by Gasteiger charge is 2.20. The minimum Gasteiger partial charge on any atom is -0.381 e. The minimum absolute atomic E-state index is 0.341. The molecule has 0 aromatic carbocycles. The first-order chi connectivity index (χ1) is 10.9. The number of pyridine rings is 1. The van der Waals surface area contributed by atoms with Crippen molar-refractivity contribution in [2.75, 3.05) is 13.2 Å². The van der Waals surface area contributed by atoms with Gasteiger partial charge in [0.05, 0.1) is 17.9 Å². The van der Waals surface area contributed by atoms with Gasteiger partial charge in [-0.15, -0.1) is 5.10 Å². The van der Waals surface area contributed by atoms with Gasteiger partial charge < -0.3 is 9.14 Å². The van der Waals surface area contributed by atoms with Crippen LogP contribution in [0.4, 0.5) is 0 Å². The minimum atomic E-state index is 0.341. The highest BCUT2D eigenvalue weighted by molar-refractivity contribution is 7.98. The van der Waals surface area contributed by atoms with Crippen LogP contribution < -0.4 is 0 Å². The Morgan fingerprint density at radius 1 is 1.27 bits per heavy atom. The molecule has 0 aliphatic carbocycles. The summed E-state index contributed by atoms with van der Waals surface area (Å²) in [6.07, 6.45) is 5.87. The summed E-state index contributed by atoms with van der Waals surface area (Å²) < 4.78 is 9.44. The summed E-state index contributed by atoms with van der Waals surface area (Å²) in [5.41, 5.74) is 2.10. The van der Waals surface area contributed by atoms with Gasteiger partial charge in [-0.3, -0.25) is 0 Å². The smallest absolute Gasteiger partial charge is 0.209 e. The Morgan fingerprint density at radius 2 is 2.18 bits per heavy atom. The molecule has 0 N–H and O–H groups in total. The van der Waals surface area contributed by atoms with Crippen LogP contribution in [-0.4, -0.2) is 42.8 Å². The van der Waals surface area contributed by atoms with Crippen molar-refractivity contribution in [2.24, 2.45) is 0 Å². The van der Waals surface area contributed by atoms with E-state index in [4.69, 9.17) is 4.74 Å². The zero-order valence-corrected chi connectivity index (χ0v) is 12.8. The van der Waals surface area contributed by atoms with Crippen LogP contribution in [0.15, 0.2) is 35.7 Å². The van der Waals surface area contributed by atoms with E-state index in [1.807, 2.05) is 35.3 Å². The first kappa shape index (κ1) is 13.7. The number of nitrogens with zero attached hydrogens (tertiary/aromatic N) is 6. The molecule has 1 fully saturated rings. The van der Waals surface area contributed by atoms with Crippen LogP contribution in [0.1, 0.15) is 24.6 Å². The van der Waals surface area contributed by atoms with Gasteiger partial charge in [-0.25, -0.2) is 9.67 Å². The highest BCUT2D eigenvalue weighted by Crippen LogP contribution is 2.27. The average Bonchev–Trinajstić information content (AvgIpc) is 3.20. The molecule has 4 heterocycles. The lowest BCUT2D eigenvalue weighted by Gasteiger charge is -2.22. The molecule has 7 nitrogen and oxygen atoms in total. The van der Waals surface area contributed by atoms with Crippen LogP contribution in [-0.2, 0) is 10.5 Å². The van der Waals surface area contributed by atoms with Crippen LogP contribution >= 0.6 is 11.8 Å². The molecule has 8 heteroatoms. The zero-order chi connectivity index (χ0) is 14.8. The summed E-state index contributed by atoms with van der Waals surface area (Å²) in [7, 11) is 0. The van der Waals surface area contributed by atoms with E-state index in [2.05, 4.69) is 24.9 Å². The topological polar surface area (TPSA) is 70.1 Å². The molecule has 0 radical (unpaired) electrons. The van der Waals surface area contributed by atoms with Gasteiger partial charge in [-0.05, 0) is 35.4 Å². The SMILES string of the molecule is c1ccn2c(CSc3nnnn3C3CCOCC3)cnc2c1. The Morgan fingerprint density at radius 3 is 3.09 bits per heavy atom. The molecule has 114 valence electrons. The van der Waals surface area contributed by atoms with Gasteiger partial charge in [0, 0.05) is 25.2 Å². The van der Waals surface area contributed by atoms with E-state index < -0.39 is 0 Å². The van der Waals surface area contributed by atoms with E-state index in [1.165, 1.54) is 0 Å². The van der Waals surface area contributed by atoms with E-state index in [0.29, 0.717) is 6.04 Å². The Balaban J connectivity index is 1.51. The van der Waals surface area contributed by atoms with Gasteiger partial charge in [0.2, 0.25) is 5.16 Å². The maximum absolute atomic E-state index is 5.40. The van der Waals surface area contributed by atoms with Gasteiger partial charge in [-0.1, -0.05) is 17.8 Å². The molecule has 22 heavy (non-hydrogen) atoms. The molecule has 1 saturated heterocycles. The van der Waals surface area contributed by atoms with Gasteiger partial charge >= 0.3 is 0 Å². The number of imidazole rings is 1. The fourth-order valence-corrected chi connectivity index (χ4v) is 3.57. The van der Waals surface area contributed by atoms with Gasteiger partial charge in [0.15, 0.2) is 0 Å². The fraction of sp³-hybridized carbons (Fsp3) is 0.429. The molecule has 0 saturated carbocycles. The molecule has 0 spiro atoms. The van der Waals surface area contributed by atoms with Crippen molar-refractivity contribution in [1.82, 2.24) is 29.6 Å². The Hall–Kier alpha value is -1.93. The Bertz CT molecular complexity index is 763. The normalized spacial score (nSPS) is 16.4. The lowest BCUT2D eigenvalue weighted by atomic mass is 10.1. The summed E-state index contributed by atoms with van der Waals surface area (Å²) in [5.74, 6) is 0.786. The molecule has 1 aliphatic rings. The lowest BCUT2D eigenvalue weighted by molar-refractivity contribution is 0.0631. The first-order valence-electron chi connectivity index (χ1n) is 7.31. The van der Waals surface area contributed by atoms with Crippen LogP contribution in [0, 0.1) is 0 Å². The van der Waals surface area contributed by atoms with Crippen LogP contribution in [0.2, 0.25) is 0 Å². The van der Waals surface area contributed by atoms with Crippen molar-refractivity contribution in [3.8, 4) is 0 Å². The third kappa shape index (κ3) is 2.59. The largest absolute Gasteiger partial charge is 0.381 e. The predicted molar refractivity (Wildman–Crippen MR) is 81.7 cm³/mol. The molecule has 0 amide bonds. The van der Waals surface area contributed by atoms with E-state index in [-0.39, 0.29) is 0 Å². The van der Waals surface area contributed by atoms with Gasteiger partial charge in [0.1, 0.15) is 5.65 Å². The van der Waals surface area contributed by atoms with Crippen LogP contribution in [0.25, 0.3) is 5.65 Å². The molecule has 0 atom stereocenters. The number of ether oxygens (including phenoxy) is 1. The van der Waals surface area contributed by atoms with Crippen molar-refractivity contribution >= 4 is 17.4 Å². The summed E-state index contributed by atoms with van der Waals surface area (Å²) in [5, 5.41) is 13.0. The maximum atomic E-state index is 5.40. The lowest BCUT2D eigenvalue weighted by Crippen LogP contribution is -2.21. The Labute approximate surface area is 131 Å². The zero-order valence-electron chi connectivity index (χ0n) is 12.0. The first-order valence-corrected chi connectivity index (χ1v) is 8.30. The van der Waals surface area contributed by atoms with Gasteiger partial charge in [0.25, 0.3) is 0 Å². The summed E-state index contributed by atoms with van der Waals surface area (Å²) in [4.78, 5) is 4.41. The molecule has 0 unspecified atom stereocenters. The van der Waals surface area contributed by atoms with Gasteiger partial charge in [-0.2, -0.15) is 0 Å². The number of rotatable bonds is 4. The average molecular weight is 316 g/mol. The number of thioether (sulfide) groups is 1. The Kier molecular flexibility index (Phi) is 3.77. The van der Waals surface area contributed by atoms with Crippen molar-refractivity contribution in [3.05, 3.63) is 36.3 Å². The molecule has 3 aromatic rings. The number of tetrazole rings is 1. The molecule has 1 aliphatic heterocycles. The molecule has 0 bridgehead atoms. The van der Waals surface area contributed by atoms with Crippen molar-refractivity contribution < 1.29 is 4.74 Å². The van der Waals surface area contributed by atoms with Crippen molar-refractivity contribution in [2.45, 2.75) is 29.8 Å². The standard InChI is InChI=1S/C14H16N6OS/c1-2-6-19-12(9-15-13(19)3-1)10-22-14-16-17-18-20(14)11-4-7-21-8-5-11/h1-3,6,9,11H,4-5,7-8,10H2. The summed E-state index contributed by atoms with van der Waals surface area (Å²) >= 11 is 1.65. The molecular formula is C14H16N6OS. The highest BCUT2D eigenvalue weighted by atomic mass is 32.2. The summed E-state index contributed by atoms with van der Waals surface area (Å²) in [6, 6.07) is 6.34. The molecule has 4 rings (SSSR count). The maximum Gasteiger partial charge on any atom is 0.209 e. The number of aromatic nitrogens is 6. The number of hydrogen-bond donors (Lipinski definition) is 0. The van der Waals surface area contributed by atoms with E-state index in [1.54, 1.807) is 11.8 Å². The third-order valence-electron chi connectivity index (χ3n) is 3.84. The van der Waals surface area contributed by atoms with E-state index >= 15 is 0 Å². The van der Waals surface area contributed by atoms with Crippen LogP contribution in [0.3, 0.4) is 0 Å². The summed E-state index contributed by atoms with van der Waals surface area (Å²) in [6.45, 7) is 1.56. The fourth-order valence-electron chi connectivity index (χ4n) is 2.67. The second kappa shape index (κ2) is 6.05. The second-order valence-corrected chi connectivity index (χ2v) is 6.16. The predicted octanol–water partition coefficient (Wildman–Crippen LogP) is 1.96. The molecular weight excluding hydrogens is 300 g/mol. The number of hydrogen-bond acceptors (Lipinski definition) is 6. The number of fused-ring (bicyclic) bond motifs is 1. The van der Waals surface area contributed by atoms with E-state index in [0.717, 1.165) is 48.3 Å². The quantitative estimate of drug-likeness (QED) is 0.685. The van der Waals surface area contributed by atoms with Crippen LogP contribution in [0.5, 0.6) is 0 Å². The van der Waals surface area contributed by atoms with Crippen molar-refractivity contribution in [1.29, 1.82) is 0 Å². The third-order valence-corrected chi connectivity index (χ3v) is 4.81. The van der Waals surface area contributed by atoms with E-state index in [9.17, 15) is 0 Å².